The summed E-state index contributed by atoms with van der Waals surface area (Å²) in [7, 11) is 3.71. The molecule has 0 aliphatic carbocycles. The van der Waals surface area contributed by atoms with E-state index in [1.807, 2.05) is 30.2 Å². The van der Waals surface area contributed by atoms with Gasteiger partial charge in [-0.15, -0.1) is 0 Å². The van der Waals surface area contributed by atoms with Crippen molar-refractivity contribution in [2.24, 2.45) is 7.05 Å². The van der Waals surface area contributed by atoms with Crippen LogP contribution >= 0.6 is 0 Å². The highest BCUT2D eigenvalue weighted by molar-refractivity contribution is 5.91. The Labute approximate surface area is 134 Å². The first-order chi connectivity index (χ1) is 11.2. The molecule has 120 valence electrons. The molecule has 0 atom stereocenters. The van der Waals surface area contributed by atoms with Crippen LogP contribution in [0, 0.1) is 0 Å². The van der Waals surface area contributed by atoms with Crippen LogP contribution < -0.4 is 4.90 Å². The number of methoxy groups -OCH3 is 1. The minimum absolute atomic E-state index is 0.328. The molecular formula is C16H20N6O. The van der Waals surface area contributed by atoms with E-state index in [-0.39, 0.29) is 5.60 Å². The first-order valence-electron chi connectivity index (χ1n) is 7.78. The molecule has 0 spiro atoms. The van der Waals surface area contributed by atoms with Crippen LogP contribution in [0.15, 0.2) is 24.8 Å². The molecule has 23 heavy (non-hydrogen) atoms. The summed E-state index contributed by atoms with van der Waals surface area (Å²) in [6.07, 6.45) is 6.40. The van der Waals surface area contributed by atoms with Crippen molar-refractivity contribution < 1.29 is 4.74 Å². The Bertz CT molecular complexity index is 845. The molecule has 1 aliphatic heterocycles. The van der Waals surface area contributed by atoms with E-state index >= 15 is 0 Å². The predicted octanol–water partition coefficient (Wildman–Crippen LogP) is 1.62. The van der Waals surface area contributed by atoms with Crippen molar-refractivity contribution in [1.82, 2.24) is 24.7 Å². The van der Waals surface area contributed by atoms with Crippen LogP contribution in [0.2, 0.25) is 0 Å². The molecule has 4 heterocycles. The maximum atomic E-state index is 5.85. The zero-order valence-electron chi connectivity index (χ0n) is 13.6. The van der Waals surface area contributed by atoms with E-state index in [4.69, 9.17) is 4.74 Å². The summed E-state index contributed by atoms with van der Waals surface area (Å²) in [4.78, 5) is 14.3. The monoisotopic (exact) mass is 312 g/mol. The van der Waals surface area contributed by atoms with Gasteiger partial charge < -0.3 is 14.6 Å². The summed E-state index contributed by atoms with van der Waals surface area (Å²) in [6, 6.07) is 2.02. The van der Waals surface area contributed by atoms with Gasteiger partial charge in [-0.05, 0) is 18.1 Å². The van der Waals surface area contributed by atoms with E-state index in [1.54, 1.807) is 13.4 Å². The van der Waals surface area contributed by atoms with Crippen molar-refractivity contribution in [3.63, 3.8) is 0 Å². The lowest BCUT2D eigenvalue weighted by atomic mass is 9.89. The van der Waals surface area contributed by atoms with Crippen molar-refractivity contribution >= 4 is 16.9 Å². The van der Waals surface area contributed by atoms with E-state index in [1.165, 1.54) is 5.56 Å². The fourth-order valence-electron chi connectivity index (χ4n) is 3.46. The summed E-state index contributed by atoms with van der Waals surface area (Å²) in [6.45, 7) is 3.65. The summed E-state index contributed by atoms with van der Waals surface area (Å²) in [5, 5.41) is 5.38. The van der Waals surface area contributed by atoms with E-state index in [0.29, 0.717) is 0 Å². The lowest BCUT2D eigenvalue weighted by Crippen LogP contribution is -2.61. The highest BCUT2D eigenvalue weighted by Crippen LogP contribution is 2.39. The van der Waals surface area contributed by atoms with Crippen LogP contribution in [-0.4, -0.2) is 44.9 Å². The van der Waals surface area contributed by atoms with Gasteiger partial charge in [0, 0.05) is 26.6 Å². The number of anilines is 1. The minimum Gasteiger partial charge on any atom is -0.368 e. The fraction of sp³-hybridized carbons (Fsp3) is 0.438. The number of rotatable bonds is 4. The van der Waals surface area contributed by atoms with Crippen LogP contribution in [0.25, 0.3) is 11.0 Å². The number of ether oxygens (including phenoxy) is 1. The SMILES string of the molecule is CCc1c[nH]c2ncnc(N3CC(OC)(c4ccnn4C)C3)c12. The van der Waals surface area contributed by atoms with Gasteiger partial charge in [0.05, 0.1) is 24.2 Å². The Hall–Kier alpha value is -2.41. The molecule has 3 aromatic heterocycles. The zero-order valence-corrected chi connectivity index (χ0v) is 13.6. The molecule has 0 radical (unpaired) electrons. The highest BCUT2D eigenvalue weighted by atomic mass is 16.5. The Morgan fingerprint density at radius 2 is 2.17 bits per heavy atom. The van der Waals surface area contributed by atoms with Crippen LogP contribution in [0.5, 0.6) is 0 Å². The highest BCUT2D eigenvalue weighted by Gasteiger charge is 2.48. The molecule has 7 heteroatoms. The number of H-pyrrole nitrogens is 1. The number of nitrogens with one attached hydrogen (secondary N) is 1. The molecule has 4 rings (SSSR count). The second-order valence-corrected chi connectivity index (χ2v) is 5.98. The molecule has 1 N–H and O–H groups in total. The van der Waals surface area contributed by atoms with Crippen molar-refractivity contribution in [3.05, 3.63) is 36.0 Å². The summed E-state index contributed by atoms with van der Waals surface area (Å²) in [5.41, 5.74) is 2.89. The molecule has 1 aliphatic rings. The van der Waals surface area contributed by atoms with Gasteiger partial charge in [-0.3, -0.25) is 4.68 Å². The van der Waals surface area contributed by atoms with Crippen molar-refractivity contribution in [2.45, 2.75) is 18.9 Å². The summed E-state index contributed by atoms with van der Waals surface area (Å²) in [5.74, 6) is 0.975. The van der Waals surface area contributed by atoms with Gasteiger partial charge in [0.25, 0.3) is 0 Å². The number of aromatic nitrogens is 5. The number of nitrogens with zero attached hydrogens (tertiary/aromatic N) is 5. The van der Waals surface area contributed by atoms with Gasteiger partial charge in [-0.2, -0.15) is 5.10 Å². The lowest BCUT2D eigenvalue weighted by Gasteiger charge is -2.49. The summed E-state index contributed by atoms with van der Waals surface area (Å²) < 4.78 is 7.73. The average Bonchev–Trinajstić information content (AvgIpc) is 3.14. The second kappa shape index (κ2) is 5.06. The first-order valence-corrected chi connectivity index (χ1v) is 7.78. The van der Waals surface area contributed by atoms with E-state index in [0.717, 1.165) is 42.1 Å². The number of hydrogen-bond acceptors (Lipinski definition) is 5. The van der Waals surface area contributed by atoms with Crippen LogP contribution in [-0.2, 0) is 23.8 Å². The van der Waals surface area contributed by atoms with Gasteiger partial charge in [0.15, 0.2) is 0 Å². The largest absolute Gasteiger partial charge is 0.368 e. The third kappa shape index (κ3) is 1.96. The molecule has 0 saturated carbocycles. The third-order valence-electron chi connectivity index (χ3n) is 4.78. The topological polar surface area (TPSA) is 71.9 Å². The molecule has 0 amide bonds. The van der Waals surface area contributed by atoms with E-state index in [9.17, 15) is 0 Å². The predicted molar refractivity (Wildman–Crippen MR) is 87.4 cm³/mol. The van der Waals surface area contributed by atoms with Crippen molar-refractivity contribution in [2.75, 3.05) is 25.1 Å². The molecule has 0 bridgehead atoms. The van der Waals surface area contributed by atoms with Gasteiger partial charge in [-0.25, -0.2) is 9.97 Å². The summed E-state index contributed by atoms with van der Waals surface area (Å²) >= 11 is 0. The molecule has 0 unspecified atom stereocenters. The zero-order chi connectivity index (χ0) is 16.0. The Morgan fingerprint density at radius 3 is 2.83 bits per heavy atom. The molecule has 0 aromatic carbocycles. The van der Waals surface area contributed by atoms with E-state index < -0.39 is 0 Å². The molecule has 1 fully saturated rings. The second-order valence-electron chi connectivity index (χ2n) is 5.98. The smallest absolute Gasteiger partial charge is 0.144 e. The number of aromatic amines is 1. The van der Waals surface area contributed by atoms with Gasteiger partial charge in [0.2, 0.25) is 0 Å². The number of fused-ring (bicyclic) bond motifs is 1. The van der Waals surface area contributed by atoms with E-state index in [2.05, 4.69) is 31.9 Å². The van der Waals surface area contributed by atoms with Crippen LogP contribution in [0.4, 0.5) is 5.82 Å². The van der Waals surface area contributed by atoms with Crippen LogP contribution in [0.3, 0.4) is 0 Å². The van der Waals surface area contributed by atoms with Crippen molar-refractivity contribution in [3.8, 4) is 0 Å². The fourth-order valence-corrected chi connectivity index (χ4v) is 3.46. The van der Waals surface area contributed by atoms with Crippen molar-refractivity contribution in [1.29, 1.82) is 0 Å². The molecular weight excluding hydrogens is 292 g/mol. The molecule has 7 nitrogen and oxygen atoms in total. The first kappa shape index (κ1) is 14.2. The van der Waals surface area contributed by atoms with Gasteiger partial charge in [-0.1, -0.05) is 6.92 Å². The number of hydrogen-bond donors (Lipinski definition) is 1. The van der Waals surface area contributed by atoms with Crippen LogP contribution in [0.1, 0.15) is 18.2 Å². The quantitative estimate of drug-likeness (QED) is 0.792. The standard InChI is InChI=1S/C16H20N6O/c1-4-11-7-17-14-13(11)15(19-10-18-14)22-8-16(9-22,23-3)12-5-6-20-21(12)2/h5-7,10H,4,8-9H2,1-3H3,(H,17,18,19). The Morgan fingerprint density at radius 1 is 1.35 bits per heavy atom. The number of aryl methyl sites for hydroxylation is 2. The molecule has 3 aromatic rings. The third-order valence-corrected chi connectivity index (χ3v) is 4.78. The normalized spacial score (nSPS) is 16.7. The average molecular weight is 312 g/mol. The Balaban J connectivity index is 1.70. The Kier molecular flexibility index (Phi) is 3.12. The van der Waals surface area contributed by atoms with Gasteiger partial charge >= 0.3 is 0 Å². The van der Waals surface area contributed by atoms with Gasteiger partial charge in [0.1, 0.15) is 23.4 Å². The minimum atomic E-state index is -0.328. The maximum Gasteiger partial charge on any atom is 0.144 e. The lowest BCUT2D eigenvalue weighted by molar-refractivity contribution is -0.0446. The maximum absolute atomic E-state index is 5.85. The molecule has 1 saturated heterocycles.